The zero-order valence-corrected chi connectivity index (χ0v) is 13.7. The number of aromatic nitrogens is 1. The second-order valence-corrected chi connectivity index (χ2v) is 5.63. The van der Waals surface area contributed by atoms with Crippen molar-refractivity contribution in [1.29, 1.82) is 0 Å². The van der Waals surface area contributed by atoms with Gasteiger partial charge in [0.05, 0.1) is 6.54 Å². The Kier molecular flexibility index (Phi) is 5.26. The molecule has 0 radical (unpaired) electrons. The lowest BCUT2D eigenvalue weighted by Crippen LogP contribution is -2.32. The minimum absolute atomic E-state index is 0.235. The minimum atomic E-state index is -0.404. The van der Waals surface area contributed by atoms with Crippen molar-refractivity contribution in [3.05, 3.63) is 100 Å². The molecule has 126 valence electrons. The summed E-state index contributed by atoms with van der Waals surface area (Å²) < 4.78 is 1.57. The third kappa shape index (κ3) is 4.57. The van der Waals surface area contributed by atoms with Gasteiger partial charge in [0.25, 0.3) is 5.56 Å². The molecule has 1 heterocycles. The molecule has 2 N–H and O–H groups in total. The standard InChI is InChI=1S/C20H19N3O2/c24-19-18(22-20(25)21-14-16-8-3-1-4-9-16)12-7-13-23(19)15-17-10-5-2-6-11-17/h1-13H,14-15H2,(H2,21,22,25). The minimum Gasteiger partial charge on any atom is -0.334 e. The van der Waals surface area contributed by atoms with Crippen LogP contribution in [0, 0.1) is 0 Å². The van der Waals surface area contributed by atoms with Gasteiger partial charge >= 0.3 is 6.03 Å². The van der Waals surface area contributed by atoms with Crippen molar-refractivity contribution in [3.8, 4) is 0 Å². The van der Waals surface area contributed by atoms with Crippen LogP contribution in [-0.2, 0) is 13.1 Å². The van der Waals surface area contributed by atoms with E-state index in [2.05, 4.69) is 10.6 Å². The lowest BCUT2D eigenvalue weighted by atomic mass is 10.2. The number of carbonyl (C=O) groups excluding carboxylic acids is 1. The zero-order chi connectivity index (χ0) is 17.5. The summed E-state index contributed by atoms with van der Waals surface area (Å²) in [6, 6.07) is 22.2. The Morgan fingerprint density at radius 3 is 2.16 bits per heavy atom. The van der Waals surface area contributed by atoms with Crippen molar-refractivity contribution in [1.82, 2.24) is 9.88 Å². The molecule has 5 nitrogen and oxygen atoms in total. The molecule has 0 aliphatic heterocycles. The highest BCUT2D eigenvalue weighted by Gasteiger charge is 2.07. The molecule has 0 saturated heterocycles. The third-order valence-electron chi connectivity index (χ3n) is 3.76. The second kappa shape index (κ2) is 7.97. The van der Waals surface area contributed by atoms with Crippen LogP contribution in [0.25, 0.3) is 0 Å². The highest BCUT2D eigenvalue weighted by molar-refractivity contribution is 5.88. The average Bonchev–Trinajstić information content (AvgIpc) is 2.65. The van der Waals surface area contributed by atoms with Gasteiger partial charge in [-0.25, -0.2) is 4.79 Å². The van der Waals surface area contributed by atoms with Gasteiger partial charge in [0.15, 0.2) is 0 Å². The first kappa shape index (κ1) is 16.5. The molecule has 0 aliphatic rings. The number of nitrogens with one attached hydrogen (secondary N) is 2. The predicted molar refractivity (Wildman–Crippen MR) is 98.5 cm³/mol. The van der Waals surface area contributed by atoms with Gasteiger partial charge in [-0.2, -0.15) is 0 Å². The number of carbonyl (C=O) groups is 1. The van der Waals surface area contributed by atoms with Crippen LogP contribution >= 0.6 is 0 Å². The first-order valence-electron chi connectivity index (χ1n) is 8.04. The Labute approximate surface area is 145 Å². The molecule has 0 unspecified atom stereocenters. The van der Waals surface area contributed by atoms with Gasteiger partial charge in [0.1, 0.15) is 5.69 Å². The zero-order valence-electron chi connectivity index (χ0n) is 13.7. The summed E-state index contributed by atoms with van der Waals surface area (Å²) in [6.07, 6.45) is 1.71. The Morgan fingerprint density at radius 2 is 1.48 bits per heavy atom. The molecule has 0 spiro atoms. The van der Waals surface area contributed by atoms with Crippen LogP contribution in [-0.4, -0.2) is 10.6 Å². The monoisotopic (exact) mass is 333 g/mol. The number of benzene rings is 2. The number of hydrogen-bond donors (Lipinski definition) is 2. The highest BCUT2D eigenvalue weighted by atomic mass is 16.2. The van der Waals surface area contributed by atoms with Crippen LogP contribution in [0.1, 0.15) is 11.1 Å². The van der Waals surface area contributed by atoms with Crippen LogP contribution in [0.5, 0.6) is 0 Å². The van der Waals surface area contributed by atoms with E-state index >= 15 is 0 Å². The molecule has 5 heteroatoms. The first-order chi connectivity index (χ1) is 12.2. The number of amides is 2. The fourth-order valence-electron chi connectivity index (χ4n) is 2.48. The lowest BCUT2D eigenvalue weighted by Gasteiger charge is -2.10. The second-order valence-electron chi connectivity index (χ2n) is 5.63. The summed E-state index contributed by atoms with van der Waals surface area (Å²) in [5, 5.41) is 5.37. The average molecular weight is 333 g/mol. The van der Waals surface area contributed by atoms with Gasteiger partial charge < -0.3 is 15.2 Å². The van der Waals surface area contributed by atoms with E-state index in [0.29, 0.717) is 13.1 Å². The van der Waals surface area contributed by atoms with Crippen LogP contribution in [0.3, 0.4) is 0 Å². The first-order valence-corrected chi connectivity index (χ1v) is 8.04. The van der Waals surface area contributed by atoms with Crippen molar-refractivity contribution >= 4 is 11.7 Å². The van der Waals surface area contributed by atoms with Crippen molar-refractivity contribution in [2.45, 2.75) is 13.1 Å². The maximum absolute atomic E-state index is 12.5. The van der Waals surface area contributed by atoms with Crippen molar-refractivity contribution in [2.75, 3.05) is 5.32 Å². The Balaban J connectivity index is 1.65. The molecule has 0 fully saturated rings. The Bertz CT molecular complexity index is 890. The number of nitrogens with zero attached hydrogens (tertiary/aromatic N) is 1. The van der Waals surface area contributed by atoms with Crippen molar-refractivity contribution in [3.63, 3.8) is 0 Å². The van der Waals surface area contributed by atoms with Gasteiger partial charge in [0, 0.05) is 12.7 Å². The summed E-state index contributed by atoms with van der Waals surface area (Å²) in [5.74, 6) is 0. The van der Waals surface area contributed by atoms with E-state index in [1.807, 2.05) is 60.7 Å². The summed E-state index contributed by atoms with van der Waals surface area (Å²) in [5.41, 5.74) is 2.03. The van der Waals surface area contributed by atoms with E-state index in [1.54, 1.807) is 22.9 Å². The number of pyridine rings is 1. The largest absolute Gasteiger partial charge is 0.334 e. The van der Waals surface area contributed by atoms with Gasteiger partial charge in [0.2, 0.25) is 0 Å². The molecule has 25 heavy (non-hydrogen) atoms. The quantitative estimate of drug-likeness (QED) is 0.753. The summed E-state index contributed by atoms with van der Waals surface area (Å²) in [4.78, 5) is 24.5. The summed E-state index contributed by atoms with van der Waals surface area (Å²) in [7, 11) is 0. The molecule has 1 aromatic heterocycles. The molecule has 2 amide bonds. The molecule has 3 aromatic rings. The molecule has 0 bridgehead atoms. The van der Waals surface area contributed by atoms with E-state index in [1.165, 1.54) is 0 Å². The fourth-order valence-corrected chi connectivity index (χ4v) is 2.48. The molecular weight excluding hydrogens is 314 g/mol. The SMILES string of the molecule is O=C(NCc1ccccc1)Nc1cccn(Cc2ccccc2)c1=O. The van der Waals surface area contributed by atoms with E-state index in [4.69, 9.17) is 0 Å². The normalized spacial score (nSPS) is 10.2. The van der Waals surface area contributed by atoms with Crippen molar-refractivity contribution < 1.29 is 4.79 Å². The van der Waals surface area contributed by atoms with Crippen LogP contribution < -0.4 is 16.2 Å². The lowest BCUT2D eigenvalue weighted by molar-refractivity contribution is 0.251. The maximum atomic E-state index is 12.5. The van der Waals surface area contributed by atoms with E-state index in [0.717, 1.165) is 11.1 Å². The highest BCUT2D eigenvalue weighted by Crippen LogP contribution is 2.04. The van der Waals surface area contributed by atoms with Crippen LogP contribution in [0.15, 0.2) is 83.8 Å². The van der Waals surface area contributed by atoms with E-state index in [9.17, 15) is 9.59 Å². The summed E-state index contributed by atoms with van der Waals surface area (Å²) in [6.45, 7) is 0.860. The summed E-state index contributed by atoms with van der Waals surface area (Å²) >= 11 is 0. The number of anilines is 1. The van der Waals surface area contributed by atoms with Gasteiger partial charge in [-0.15, -0.1) is 0 Å². The topological polar surface area (TPSA) is 63.1 Å². The number of hydrogen-bond acceptors (Lipinski definition) is 2. The van der Waals surface area contributed by atoms with Crippen LogP contribution in [0.2, 0.25) is 0 Å². The van der Waals surface area contributed by atoms with Gasteiger partial charge in [-0.05, 0) is 23.3 Å². The number of urea groups is 1. The maximum Gasteiger partial charge on any atom is 0.319 e. The molecule has 3 rings (SSSR count). The molecule has 0 saturated carbocycles. The molecule has 2 aromatic carbocycles. The molecular formula is C20H19N3O2. The van der Waals surface area contributed by atoms with Gasteiger partial charge in [-0.1, -0.05) is 60.7 Å². The van der Waals surface area contributed by atoms with Crippen molar-refractivity contribution in [2.24, 2.45) is 0 Å². The van der Waals surface area contributed by atoms with E-state index in [-0.39, 0.29) is 11.2 Å². The molecule has 0 atom stereocenters. The predicted octanol–water partition coefficient (Wildman–Crippen LogP) is 3.22. The number of rotatable bonds is 5. The fraction of sp³-hybridized carbons (Fsp3) is 0.100. The Hall–Kier alpha value is -3.34. The van der Waals surface area contributed by atoms with Crippen LogP contribution in [0.4, 0.5) is 10.5 Å². The smallest absolute Gasteiger partial charge is 0.319 e. The van der Waals surface area contributed by atoms with Gasteiger partial charge in [-0.3, -0.25) is 4.79 Å². The molecule has 0 aliphatic carbocycles. The Morgan fingerprint density at radius 1 is 0.840 bits per heavy atom. The van der Waals surface area contributed by atoms with E-state index < -0.39 is 6.03 Å². The third-order valence-corrected chi connectivity index (χ3v) is 3.76.